The van der Waals surface area contributed by atoms with Crippen molar-refractivity contribution in [1.82, 2.24) is 9.55 Å². The predicted octanol–water partition coefficient (Wildman–Crippen LogP) is 5.49. The third kappa shape index (κ3) is 2.04. The lowest BCUT2D eigenvalue weighted by Crippen LogP contribution is -1.99. The molecule has 0 aliphatic rings. The summed E-state index contributed by atoms with van der Waals surface area (Å²) in [6.07, 6.45) is 0. The first kappa shape index (κ1) is 13.9. The summed E-state index contributed by atoms with van der Waals surface area (Å²) in [5.74, 6) is -1.85. The van der Waals surface area contributed by atoms with Crippen LogP contribution in [-0.2, 0) is 0 Å². The average molecular weight is 420 g/mol. The monoisotopic (exact) mass is 418 g/mol. The molecule has 102 valence electrons. The maximum absolute atomic E-state index is 14.1. The predicted molar refractivity (Wildman–Crippen MR) is 83.8 cm³/mol. The van der Waals surface area contributed by atoms with Gasteiger partial charge in [-0.3, -0.25) is 4.57 Å². The summed E-state index contributed by atoms with van der Waals surface area (Å²) in [6, 6.07) is 7.97. The van der Waals surface area contributed by atoms with Gasteiger partial charge in [-0.2, -0.15) is 0 Å². The van der Waals surface area contributed by atoms with Gasteiger partial charge < -0.3 is 4.98 Å². The van der Waals surface area contributed by atoms with Gasteiger partial charge in [0.25, 0.3) is 0 Å². The Morgan fingerprint density at radius 2 is 1.70 bits per heavy atom. The second-order valence-corrected chi connectivity index (χ2v) is 6.19. The molecule has 0 saturated carbocycles. The number of hydrogen-bond donors (Lipinski definition) is 1. The standard InChI is InChI=1S/C13H6Br2F2N2S/c14-6-2-1-3-7(15)11(6)19-12-9(18-13(19)20)5-4-8(16)10(12)17/h1-5H,(H,18,20). The van der Waals surface area contributed by atoms with Gasteiger partial charge in [0.1, 0.15) is 5.52 Å². The number of nitrogens with zero attached hydrogens (tertiary/aromatic N) is 1. The van der Waals surface area contributed by atoms with Crippen molar-refractivity contribution in [3.63, 3.8) is 0 Å². The number of hydrogen-bond acceptors (Lipinski definition) is 1. The molecule has 0 fully saturated rings. The minimum atomic E-state index is -0.933. The molecule has 7 heteroatoms. The van der Waals surface area contributed by atoms with Gasteiger partial charge in [-0.05, 0) is 68.3 Å². The summed E-state index contributed by atoms with van der Waals surface area (Å²) >= 11 is 12.0. The van der Waals surface area contributed by atoms with Gasteiger partial charge in [-0.1, -0.05) is 6.07 Å². The van der Waals surface area contributed by atoms with Gasteiger partial charge in [0.15, 0.2) is 16.4 Å². The Kier molecular flexibility index (Phi) is 3.51. The van der Waals surface area contributed by atoms with Crippen LogP contribution in [0.5, 0.6) is 0 Å². The summed E-state index contributed by atoms with van der Waals surface area (Å²) in [4.78, 5) is 2.88. The second kappa shape index (κ2) is 5.05. The van der Waals surface area contributed by atoms with E-state index in [1.807, 2.05) is 6.07 Å². The Bertz CT molecular complexity index is 866. The Hall–Kier alpha value is -1.05. The fourth-order valence-electron chi connectivity index (χ4n) is 2.05. The minimum absolute atomic E-state index is 0.0857. The van der Waals surface area contributed by atoms with Crippen LogP contribution in [0.1, 0.15) is 0 Å². The largest absolute Gasteiger partial charge is 0.330 e. The molecule has 1 aromatic heterocycles. The van der Waals surface area contributed by atoms with Crippen molar-refractivity contribution in [3.05, 3.63) is 55.7 Å². The van der Waals surface area contributed by atoms with E-state index in [-0.39, 0.29) is 10.3 Å². The summed E-state index contributed by atoms with van der Waals surface area (Å²) in [6.45, 7) is 0. The van der Waals surface area contributed by atoms with Crippen LogP contribution in [0.15, 0.2) is 39.3 Å². The van der Waals surface area contributed by atoms with E-state index >= 15 is 0 Å². The van der Waals surface area contributed by atoms with Gasteiger partial charge in [0.2, 0.25) is 0 Å². The van der Waals surface area contributed by atoms with Gasteiger partial charge in [0, 0.05) is 8.95 Å². The van der Waals surface area contributed by atoms with E-state index in [1.54, 1.807) is 12.1 Å². The first-order chi connectivity index (χ1) is 9.50. The van der Waals surface area contributed by atoms with Gasteiger partial charge in [-0.25, -0.2) is 8.78 Å². The van der Waals surface area contributed by atoms with E-state index in [1.165, 1.54) is 10.6 Å². The van der Waals surface area contributed by atoms with E-state index in [9.17, 15) is 8.78 Å². The molecule has 0 unspecified atom stereocenters. The highest BCUT2D eigenvalue weighted by Gasteiger charge is 2.17. The molecule has 0 saturated heterocycles. The molecule has 0 aliphatic heterocycles. The second-order valence-electron chi connectivity index (χ2n) is 4.09. The van der Waals surface area contributed by atoms with E-state index in [4.69, 9.17) is 12.2 Å². The highest BCUT2D eigenvalue weighted by molar-refractivity contribution is 9.11. The zero-order chi connectivity index (χ0) is 14.4. The third-order valence-corrected chi connectivity index (χ3v) is 4.46. The van der Waals surface area contributed by atoms with Crippen LogP contribution in [0, 0.1) is 16.4 Å². The lowest BCUT2D eigenvalue weighted by Gasteiger charge is -2.10. The van der Waals surface area contributed by atoms with Crippen molar-refractivity contribution < 1.29 is 8.78 Å². The number of rotatable bonds is 1. The average Bonchev–Trinajstić information content (AvgIpc) is 2.72. The normalized spacial score (nSPS) is 11.2. The van der Waals surface area contributed by atoms with Crippen LogP contribution >= 0.6 is 44.1 Å². The quantitative estimate of drug-likeness (QED) is 0.517. The fourth-order valence-corrected chi connectivity index (χ4v) is 3.69. The molecule has 0 bridgehead atoms. The van der Waals surface area contributed by atoms with Crippen molar-refractivity contribution in [1.29, 1.82) is 0 Å². The Balaban J connectivity index is 2.52. The summed E-state index contributed by atoms with van der Waals surface area (Å²) in [5, 5.41) is 0. The molecule has 3 aromatic rings. The van der Waals surface area contributed by atoms with Gasteiger partial charge >= 0.3 is 0 Å². The van der Waals surface area contributed by atoms with Crippen molar-refractivity contribution in [3.8, 4) is 5.69 Å². The molecule has 0 aliphatic carbocycles. The Labute approximate surface area is 134 Å². The first-order valence-electron chi connectivity index (χ1n) is 5.54. The highest BCUT2D eigenvalue weighted by Crippen LogP contribution is 2.33. The van der Waals surface area contributed by atoms with Crippen LogP contribution < -0.4 is 0 Å². The molecule has 3 rings (SSSR count). The molecule has 1 N–H and O–H groups in total. The van der Waals surface area contributed by atoms with E-state index in [0.717, 1.165) is 6.07 Å². The number of imidazole rings is 1. The van der Waals surface area contributed by atoms with E-state index in [0.29, 0.717) is 20.1 Å². The molecule has 0 spiro atoms. The highest BCUT2D eigenvalue weighted by atomic mass is 79.9. The maximum Gasteiger partial charge on any atom is 0.184 e. The molecule has 2 nitrogen and oxygen atoms in total. The number of halogens is 4. The van der Waals surface area contributed by atoms with E-state index < -0.39 is 11.6 Å². The van der Waals surface area contributed by atoms with Crippen LogP contribution in [0.4, 0.5) is 8.78 Å². The molecular weight excluding hydrogens is 414 g/mol. The smallest absolute Gasteiger partial charge is 0.184 e. The van der Waals surface area contributed by atoms with Crippen molar-refractivity contribution in [2.24, 2.45) is 0 Å². The van der Waals surface area contributed by atoms with Gasteiger partial charge in [-0.15, -0.1) is 0 Å². The van der Waals surface area contributed by atoms with Crippen LogP contribution in [-0.4, -0.2) is 9.55 Å². The number of H-pyrrole nitrogens is 1. The lowest BCUT2D eigenvalue weighted by molar-refractivity contribution is 0.514. The lowest BCUT2D eigenvalue weighted by atomic mass is 10.2. The molecule has 2 aromatic carbocycles. The van der Waals surface area contributed by atoms with Crippen molar-refractivity contribution in [2.75, 3.05) is 0 Å². The number of aromatic amines is 1. The zero-order valence-electron chi connectivity index (χ0n) is 9.75. The number of fused-ring (bicyclic) bond motifs is 1. The fraction of sp³-hybridized carbons (Fsp3) is 0. The molecule has 0 radical (unpaired) electrons. The topological polar surface area (TPSA) is 20.7 Å². The summed E-state index contributed by atoms with van der Waals surface area (Å²) in [5.41, 5.74) is 1.15. The molecule has 20 heavy (non-hydrogen) atoms. The molecule has 1 heterocycles. The van der Waals surface area contributed by atoms with Gasteiger partial charge in [0.05, 0.1) is 11.2 Å². The van der Waals surface area contributed by atoms with Crippen LogP contribution in [0.3, 0.4) is 0 Å². The maximum atomic E-state index is 14.1. The third-order valence-electron chi connectivity index (χ3n) is 2.90. The number of nitrogens with one attached hydrogen (secondary N) is 1. The SMILES string of the molecule is Fc1ccc2[nH]c(=S)n(-c3c(Br)cccc3Br)c2c1F. The molecule has 0 atom stereocenters. The minimum Gasteiger partial charge on any atom is -0.330 e. The van der Waals surface area contributed by atoms with Crippen LogP contribution in [0.25, 0.3) is 16.7 Å². The number of benzene rings is 2. The summed E-state index contributed by atoms with van der Waals surface area (Å²) < 4.78 is 30.8. The Morgan fingerprint density at radius 1 is 1.05 bits per heavy atom. The summed E-state index contributed by atoms with van der Waals surface area (Å²) in [7, 11) is 0. The number of para-hydroxylation sites is 1. The zero-order valence-corrected chi connectivity index (χ0v) is 13.7. The first-order valence-corrected chi connectivity index (χ1v) is 7.53. The van der Waals surface area contributed by atoms with Crippen molar-refractivity contribution in [2.45, 2.75) is 0 Å². The van der Waals surface area contributed by atoms with Crippen LogP contribution in [0.2, 0.25) is 0 Å². The van der Waals surface area contributed by atoms with E-state index in [2.05, 4.69) is 36.8 Å². The molecule has 0 amide bonds. The number of aromatic nitrogens is 2. The Morgan fingerprint density at radius 3 is 2.35 bits per heavy atom. The molecular formula is C13H6Br2F2N2S. The van der Waals surface area contributed by atoms with Crippen molar-refractivity contribution >= 4 is 55.1 Å².